The lowest BCUT2D eigenvalue weighted by atomic mass is 9.80. The van der Waals surface area contributed by atoms with E-state index in [0.29, 0.717) is 29.3 Å². The largest absolute Gasteiger partial charge is 0.361 e. The fourth-order valence-corrected chi connectivity index (χ4v) is 3.05. The van der Waals surface area contributed by atoms with Crippen LogP contribution in [0, 0.1) is 28.9 Å². The van der Waals surface area contributed by atoms with Crippen LogP contribution in [0.1, 0.15) is 38.8 Å². The molecule has 7 heteroatoms. The molecular formula is C14H23N5O2. The molecule has 0 amide bonds. The molecule has 0 bridgehead atoms. The highest BCUT2D eigenvalue weighted by Gasteiger charge is 2.29. The Labute approximate surface area is 124 Å². The summed E-state index contributed by atoms with van der Waals surface area (Å²) in [5.41, 5.74) is 0.346. The van der Waals surface area contributed by atoms with E-state index in [4.69, 9.17) is 0 Å². The van der Waals surface area contributed by atoms with Crippen molar-refractivity contribution in [2.24, 2.45) is 11.8 Å². The van der Waals surface area contributed by atoms with Crippen LogP contribution in [-0.2, 0) is 0 Å². The first-order valence-corrected chi connectivity index (χ1v) is 7.39. The highest BCUT2D eigenvalue weighted by molar-refractivity contribution is 5.61. The number of hydrogen-bond donors (Lipinski definition) is 2. The Kier molecular flexibility index (Phi) is 4.59. The van der Waals surface area contributed by atoms with Gasteiger partial charge in [0.1, 0.15) is 5.69 Å². The molecule has 1 fully saturated rings. The molecule has 21 heavy (non-hydrogen) atoms. The standard InChI is InChI=1S/C14H23N5O2/c1-8-5-6-11(9(2)7-8)17-13-12(19(20)21)10(3)16-14(15-4)18-13/h8-9,11H,5-7H2,1-4H3,(H2,15,16,17,18). The number of anilines is 2. The molecule has 3 unspecified atom stereocenters. The molecule has 0 aliphatic heterocycles. The summed E-state index contributed by atoms with van der Waals surface area (Å²) in [6.45, 7) is 6.08. The van der Waals surface area contributed by atoms with Gasteiger partial charge in [0.2, 0.25) is 11.8 Å². The molecule has 1 saturated carbocycles. The van der Waals surface area contributed by atoms with Crippen molar-refractivity contribution in [3.63, 3.8) is 0 Å². The molecule has 1 aliphatic carbocycles. The number of aryl methyl sites for hydroxylation is 1. The van der Waals surface area contributed by atoms with Crippen LogP contribution in [0.15, 0.2) is 0 Å². The zero-order valence-corrected chi connectivity index (χ0v) is 13.0. The number of rotatable bonds is 4. The SMILES string of the molecule is CNc1nc(C)c([N+](=O)[O-])c(NC2CCC(C)CC2C)n1. The number of aromatic nitrogens is 2. The maximum atomic E-state index is 11.3. The monoisotopic (exact) mass is 293 g/mol. The van der Waals surface area contributed by atoms with Gasteiger partial charge in [-0.1, -0.05) is 13.8 Å². The second kappa shape index (κ2) is 6.24. The van der Waals surface area contributed by atoms with Crippen LogP contribution < -0.4 is 10.6 Å². The molecule has 0 radical (unpaired) electrons. The zero-order valence-electron chi connectivity index (χ0n) is 13.0. The van der Waals surface area contributed by atoms with Crippen molar-refractivity contribution in [2.45, 2.75) is 46.1 Å². The van der Waals surface area contributed by atoms with E-state index in [1.807, 2.05) is 0 Å². The Morgan fingerprint density at radius 3 is 2.57 bits per heavy atom. The minimum Gasteiger partial charge on any atom is -0.361 e. The van der Waals surface area contributed by atoms with Crippen LogP contribution in [0.25, 0.3) is 0 Å². The third kappa shape index (κ3) is 3.40. The number of nitro groups is 1. The van der Waals surface area contributed by atoms with Crippen LogP contribution in [0.2, 0.25) is 0 Å². The highest BCUT2D eigenvalue weighted by atomic mass is 16.6. The van der Waals surface area contributed by atoms with Gasteiger partial charge in [0.25, 0.3) is 0 Å². The lowest BCUT2D eigenvalue weighted by molar-refractivity contribution is -0.385. The van der Waals surface area contributed by atoms with Crippen LogP contribution in [-0.4, -0.2) is 28.0 Å². The molecule has 7 nitrogen and oxygen atoms in total. The van der Waals surface area contributed by atoms with Gasteiger partial charge in [-0.25, -0.2) is 4.98 Å². The summed E-state index contributed by atoms with van der Waals surface area (Å²) >= 11 is 0. The summed E-state index contributed by atoms with van der Waals surface area (Å²) in [4.78, 5) is 19.2. The van der Waals surface area contributed by atoms with Gasteiger partial charge in [0.05, 0.1) is 4.92 Å². The van der Waals surface area contributed by atoms with Crippen molar-refractivity contribution in [2.75, 3.05) is 17.7 Å². The first kappa shape index (κ1) is 15.5. The van der Waals surface area contributed by atoms with Gasteiger partial charge in [-0.3, -0.25) is 10.1 Å². The predicted octanol–water partition coefficient (Wildman–Crippen LogP) is 2.97. The summed E-state index contributed by atoms with van der Waals surface area (Å²) < 4.78 is 0. The minimum absolute atomic E-state index is 0.0279. The summed E-state index contributed by atoms with van der Waals surface area (Å²) in [5, 5.41) is 17.4. The van der Waals surface area contributed by atoms with Crippen molar-refractivity contribution < 1.29 is 4.92 Å². The topological polar surface area (TPSA) is 93.0 Å². The van der Waals surface area contributed by atoms with Crippen molar-refractivity contribution in [1.82, 2.24) is 9.97 Å². The van der Waals surface area contributed by atoms with Gasteiger partial charge >= 0.3 is 5.69 Å². The minimum atomic E-state index is -0.409. The zero-order chi connectivity index (χ0) is 15.6. The Bertz CT molecular complexity index is 534. The highest BCUT2D eigenvalue weighted by Crippen LogP contribution is 2.33. The summed E-state index contributed by atoms with van der Waals surface area (Å²) in [6, 6.07) is 0.221. The van der Waals surface area contributed by atoms with Crippen LogP contribution in [0.4, 0.5) is 17.5 Å². The van der Waals surface area contributed by atoms with Gasteiger partial charge in [-0.2, -0.15) is 4.98 Å². The molecule has 0 spiro atoms. The fourth-order valence-electron chi connectivity index (χ4n) is 3.05. The third-order valence-electron chi connectivity index (χ3n) is 4.22. The van der Waals surface area contributed by atoms with E-state index in [9.17, 15) is 10.1 Å². The molecular weight excluding hydrogens is 270 g/mol. The molecule has 1 aromatic rings. The second-order valence-electron chi connectivity index (χ2n) is 5.98. The Morgan fingerprint density at radius 1 is 1.29 bits per heavy atom. The van der Waals surface area contributed by atoms with Crippen molar-refractivity contribution in [3.05, 3.63) is 15.8 Å². The van der Waals surface area contributed by atoms with E-state index >= 15 is 0 Å². The lowest BCUT2D eigenvalue weighted by Crippen LogP contribution is -2.33. The quantitative estimate of drug-likeness (QED) is 0.655. The van der Waals surface area contributed by atoms with Crippen LogP contribution >= 0.6 is 0 Å². The fraction of sp³-hybridized carbons (Fsp3) is 0.714. The smallest absolute Gasteiger partial charge is 0.332 e. The van der Waals surface area contributed by atoms with E-state index in [0.717, 1.165) is 19.3 Å². The average Bonchev–Trinajstić information content (AvgIpc) is 2.40. The molecule has 1 aromatic heterocycles. The Morgan fingerprint density at radius 2 is 2.00 bits per heavy atom. The predicted molar refractivity (Wildman–Crippen MR) is 82.6 cm³/mol. The third-order valence-corrected chi connectivity index (χ3v) is 4.22. The van der Waals surface area contributed by atoms with Gasteiger partial charge in [0.15, 0.2) is 0 Å². The van der Waals surface area contributed by atoms with Crippen LogP contribution in [0.3, 0.4) is 0 Å². The molecule has 2 rings (SSSR count). The van der Waals surface area contributed by atoms with Gasteiger partial charge in [-0.05, 0) is 38.0 Å². The summed E-state index contributed by atoms with van der Waals surface area (Å²) in [6.07, 6.45) is 3.28. The van der Waals surface area contributed by atoms with E-state index in [1.54, 1.807) is 14.0 Å². The number of nitrogens with one attached hydrogen (secondary N) is 2. The molecule has 1 heterocycles. The normalized spacial score (nSPS) is 25.4. The lowest BCUT2D eigenvalue weighted by Gasteiger charge is -2.33. The maximum Gasteiger partial charge on any atom is 0.332 e. The Hall–Kier alpha value is -1.92. The van der Waals surface area contributed by atoms with Gasteiger partial charge in [-0.15, -0.1) is 0 Å². The first-order chi connectivity index (χ1) is 9.92. The van der Waals surface area contributed by atoms with Crippen LogP contribution in [0.5, 0.6) is 0 Å². The van der Waals surface area contributed by atoms with E-state index in [1.165, 1.54) is 0 Å². The molecule has 116 valence electrons. The van der Waals surface area contributed by atoms with E-state index < -0.39 is 4.92 Å². The average molecular weight is 293 g/mol. The van der Waals surface area contributed by atoms with Crippen molar-refractivity contribution in [1.29, 1.82) is 0 Å². The van der Waals surface area contributed by atoms with Gasteiger partial charge in [0, 0.05) is 13.1 Å². The van der Waals surface area contributed by atoms with E-state index in [-0.39, 0.29) is 11.7 Å². The number of hydrogen-bond acceptors (Lipinski definition) is 6. The summed E-state index contributed by atoms with van der Waals surface area (Å²) in [5.74, 6) is 1.91. The molecule has 2 N–H and O–H groups in total. The molecule has 3 atom stereocenters. The second-order valence-corrected chi connectivity index (χ2v) is 5.98. The number of nitrogens with zero attached hydrogens (tertiary/aromatic N) is 3. The molecule has 1 aliphatic rings. The molecule has 0 saturated heterocycles. The maximum absolute atomic E-state index is 11.3. The van der Waals surface area contributed by atoms with Crippen molar-refractivity contribution in [3.8, 4) is 0 Å². The first-order valence-electron chi connectivity index (χ1n) is 7.39. The molecule has 0 aromatic carbocycles. The summed E-state index contributed by atoms with van der Waals surface area (Å²) in [7, 11) is 1.70. The van der Waals surface area contributed by atoms with Gasteiger partial charge < -0.3 is 10.6 Å². The van der Waals surface area contributed by atoms with E-state index in [2.05, 4.69) is 34.4 Å². The van der Waals surface area contributed by atoms with Crippen molar-refractivity contribution >= 4 is 17.5 Å². The Balaban J connectivity index is 2.29.